The Morgan fingerprint density at radius 1 is 1.18 bits per heavy atom. The van der Waals surface area contributed by atoms with Crippen LogP contribution < -0.4 is 11.3 Å². The van der Waals surface area contributed by atoms with Gasteiger partial charge in [-0.05, 0) is 12.1 Å². The highest BCUT2D eigenvalue weighted by molar-refractivity contribution is 5.43. The van der Waals surface area contributed by atoms with Crippen molar-refractivity contribution in [3.63, 3.8) is 0 Å². The minimum absolute atomic E-state index is 0.00370. The van der Waals surface area contributed by atoms with Gasteiger partial charge in [-0.1, -0.05) is 12.1 Å². The van der Waals surface area contributed by atoms with Crippen molar-refractivity contribution in [3.8, 4) is 0 Å². The molecule has 1 aromatic carbocycles. The Morgan fingerprint density at radius 3 is 2.09 bits per heavy atom. The van der Waals surface area contributed by atoms with Crippen molar-refractivity contribution in [3.05, 3.63) is 29.8 Å². The van der Waals surface area contributed by atoms with E-state index < -0.39 is 6.43 Å². The Labute approximate surface area is 63.0 Å². The van der Waals surface area contributed by atoms with Crippen LogP contribution in [-0.2, 0) is 0 Å². The van der Waals surface area contributed by atoms with Gasteiger partial charge in [-0.15, -0.1) is 0 Å². The summed E-state index contributed by atoms with van der Waals surface area (Å²) in [6.45, 7) is 0. The molecule has 0 radical (unpaired) electrons. The Hall–Kier alpha value is -1.16. The second kappa shape index (κ2) is 3.30. The average molecular weight is 158 g/mol. The molecular weight excluding hydrogens is 150 g/mol. The van der Waals surface area contributed by atoms with Gasteiger partial charge in [0.25, 0.3) is 6.43 Å². The highest BCUT2D eigenvalue weighted by Crippen LogP contribution is 2.19. The Balaban J connectivity index is 2.83. The molecule has 2 nitrogen and oxygen atoms in total. The Bertz CT molecular complexity index is 220. The van der Waals surface area contributed by atoms with Crippen LogP contribution in [0.3, 0.4) is 0 Å². The maximum atomic E-state index is 12.0. The number of hydrogen-bond acceptors (Lipinski definition) is 2. The lowest BCUT2D eigenvalue weighted by molar-refractivity contribution is 0.151. The highest BCUT2D eigenvalue weighted by atomic mass is 19.3. The lowest BCUT2D eigenvalue weighted by Gasteiger charge is -2.01. The predicted molar refractivity (Wildman–Crippen MR) is 39.2 cm³/mol. The number of hydrogen-bond donors (Lipinski definition) is 2. The Kier molecular flexibility index (Phi) is 2.38. The van der Waals surface area contributed by atoms with Crippen molar-refractivity contribution in [2.45, 2.75) is 6.43 Å². The van der Waals surface area contributed by atoms with E-state index in [4.69, 9.17) is 5.84 Å². The van der Waals surface area contributed by atoms with E-state index in [2.05, 4.69) is 5.43 Å². The van der Waals surface area contributed by atoms with Gasteiger partial charge < -0.3 is 5.43 Å². The van der Waals surface area contributed by atoms with Crippen LogP contribution in [0.15, 0.2) is 24.3 Å². The SMILES string of the molecule is NNc1ccc(C(F)F)cc1. The smallest absolute Gasteiger partial charge is 0.263 e. The third-order valence-corrected chi connectivity index (χ3v) is 1.33. The maximum Gasteiger partial charge on any atom is 0.263 e. The van der Waals surface area contributed by atoms with E-state index in [1.807, 2.05) is 0 Å². The van der Waals surface area contributed by atoms with Crippen LogP contribution in [0.2, 0.25) is 0 Å². The summed E-state index contributed by atoms with van der Waals surface area (Å²) < 4.78 is 23.9. The van der Waals surface area contributed by atoms with Crippen LogP contribution in [0.25, 0.3) is 0 Å². The highest BCUT2D eigenvalue weighted by Gasteiger charge is 2.04. The molecule has 0 atom stereocenters. The first-order valence-corrected chi connectivity index (χ1v) is 3.09. The second-order valence-electron chi connectivity index (χ2n) is 2.07. The molecule has 60 valence electrons. The molecule has 0 heterocycles. The van der Waals surface area contributed by atoms with Gasteiger partial charge in [-0.25, -0.2) is 8.78 Å². The van der Waals surface area contributed by atoms with Crippen molar-refractivity contribution in [2.75, 3.05) is 5.43 Å². The van der Waals surface area contributed by atoms with Crippen molar-refractivity contribution >= 4 is 5.69 Å². The summed E-state index contributed by atoms with van der Waals surface area (Å²) in [5.74, 6) is 5.04. The summed E-state index contributed by atoms with van der Waals surface area (Å²) >= 11 is 0. The van der Waals surface area contributed by atoms with Crippen LogP contribution in [0.4, 0.5) is 14.5 Å². The monoisotopic (exact) mass is 158 g/mol. The predicted octanol–water partition coefficient (Wildman–Crippen LogP) is 1.91. The molecule has 4 heteroatoms. The normalized spacial score (nSPS) is 10.2. The average Bonchev–Trinajstić information content (AvgIpc) is 2.05. The number of rotatable bonds is 2. The summed E-state index contributed by atoms with van der Waals surface area (Å²) in [5.41, 5.74) is 2.97. The number of benzene rings is 1. The van der Waals surface area contributed by atoms with E-state index in [1.54, 1.807) is 0 Å². The molecule has 1 aromatic rings. The zero-order valence-electron chi connectivity index (χ0n) is 5.72. The minimum atomic E-state index is -2.41. The standard InChI is InChI=1S/C7H8F2N2/c8-7(9)5-1-3-6(11-10)4-2-5/h1-4,7,11H,10H2. The summed E-state index contributed by atoms with van der Waals surface area (Å²) in [7, 11) is 0. The van der Waals surface area contributed by atoms with Crippen LogP contribution in [0.5, 0.6) is 0 Å². The molecule has 0 saturated heterocycles. The molecule has 0 spiro atoms. The lowest BCUT2D eigenvalue weighted by Crippen LogP contribution is -2.06. The van der Waals surface area contributed by atoms with E-state index in [9.17, 15) is 8.78 Å². The van der Waals surface area contributed by atoms with Crippen LogP contribution >= 0.6 is 0 Å². The molecule has 0 aromatic heterocycles. The van der Waals surface area contributed by atoms with Crippen LogP contribution in [0.1, 0.15) is 12.0 Å². The molecule has 3 N–H and O–H groups in total. The third kappa shape index (κ3) is 1.88. The molecule has 11 heavy (non-hydrogen) atoms. The number of anilines is 1. The molecule has 0 bridgehead atoms. The first kappa shape index (κ1) is 7.94. The molecule has 0 aliphatic heterocycles. The second-order valence-corrected chi connectivity index (χ2v) is 2.07. The van der Waals surface area contributed by atoms with Gasteiger partial charge >= 0.3 is 0 Å². The number of hydrazine groups is 1. The molecule has 0 unspecified atom stereocenters. The molecule has 0 saturated carbocycles. The fourth-order valence-electron chi connectivity index (χ4n) is 0.725. The first-order chi connectivity index (χ1) is 5.24. The molecule has 0 amide bonds. The molecule has 0 fully saturated rings. The van der Waals surface area contributed by atoms with Gasteiger partial charge in [-0.2, -0.15) is 0 Å². The fourth-order valence-corrected chi connectivity index (χ4v) is 0.725. The summed E-state index contributed by atoms with van der Waals surface area (Å²) in [5, 5.41) is 0. The number of nitrogens with two attached hydrogens (primary N) is 1. The maximum absolute atomic E-state index is 12.0. The fraction of sp³-hybridized carbons (Fsp3) is 0.143. The number of nitrogen functional groups attached to an aromatic ring is 1. The quantitative estimate of drug-likeness (QED) is 0.509. The number of nitrogens with one attached hydrogen (secondary N) is 1. The largest absolute Gasteiger partial charge is 0.324 e. The topological polar surface area (TPSA) is 38.0 Å². The van der Waals surface area contributed by atoms with Crippen LogP contribution in [-0.4, -0.2) is 0 Å². The van der Waals surface area contributed by atoms with Gasteiger partial charge in [0.15, 0.2) is 0 Å². The van der Waals surface area contributed by atoms with Gasteiger partial charge in [0.1, 0.15) is 0 Å². The molecule has 0 aliphatic rings. The third-order valence-electron chi connectivity index (χ3n) is 1.33. The van der Waals surface area contributed by atoms with Crippen molar-refractivity contribution in [1.82, 2.24) is 0 Å². The number of halogens is 2. The summed E-state index contributed by atoms with van der Waals surface area (Å²) in [6, 6.07) is 5.67. The van der Waals surface area contributed by atoms with Crippen molar-refractivity contribution < 1.29 is 8.78 Å². The zero-order chi connectivity index (χ0) is 8.27. The molecule has 1 rings (SSSR count). The Morgan fingerprint density at radius 2 is 1.73 bits per heavy atom. The number of alkyl halides is 2. The van der Waals surface area contributed by atoms with E-state index in [0.29, 0.717) is 5.69 Å². The lowest BCUT2D eigenvalue weighted by atomic mass is 10.2. The summed E-state index contributed by atoms with van der Waals surface area (Å²) in [6.07, 6.45) is -2.41. The minimum Gasteiger partial charge on any atom is -0.324 e. The van der Waals surface area contributed by atoms with Crippen molar-refractivity contribution in [1.29, 1.82) is 0 Å². The van der Waals surface area contributed by atoms with Crippen molar-refractivity contribution in [2.24, 2.45) is 5.84 Å². The first-order valence-electron chi connectivity index (χ1n) is 3.09. The van der Waals surface area contributed by atoms with E-state index in [1.165, 1.54) is 24.3 Å². The van der Waals surface area contributed by atoms with E-state index in [-0.39, 0.29) is 5.56 Å². The molecular formula is C7H8F2N2. The zero-order valence-corrected chi connectivity index (χ0v) is 5.72. The molecule has 0 aliphatic carbocycles. The van der Waals surface area contributed by atoms with E-state index >= 15 is 0 Å². The van der Waals surface area contributed by atoms with E-state index in [0.717, 1.165) is 0 Å². The van der Waals surface area contributed by atoms with Gasteiger partial charge in [0.2, 0.25) is 0 Å². The van der Waals surface area contributed by atoms with Crippen LogP contribution in [0, 0.1) is 0 Å². The van der Waals surface area contributed by atoms with Gasteiger partial charge in [-0.3, -0.25) is 5.84 Å². The van der Waals surface area contributed by atoms with Gasteiger partial charge in [0, 0.05) is 11.3 Å². The summed E-state index contributed by atoms with van der Waals surface area (Å²) in [4.78, 5) is 0. The van der Waals surface area contributed by atoms with Gasteiger partial charge in [0.05, 0.1) is 0 Å².